The van der Waals surface area contributed by atoms with E-state index in [9.17, 15) is 23.1 Å². The van der Waals surface area contributed by atoms with Gasteiger partial charge in [0.1, 0.15) is 0 Å². The molecule has 1 amide bonds. The third-order valence-electron chi connectivity index (χ3n) is 6.18. The maximum absolute atomic E-state index is 13.4. The first kappa shape index (κ1) is 24.5. The number of halogens is 1. The lowest BCUT2D eigenvalue weighted by atomic mass is 10.0. The predicted octanol–water partition coefficient (Wildman–Crippen LogP) is 5.71. The molecule has 4 aromatic carbocycles. The van der Waals surface area contributed by atoms with Gasteiger partial charge in [-0.15, -0.1) is 0 Å². The van der Waals surface area contributed by atoms with E-state index in [4.69, 9.17) is 11.6 Å². The van der Waals surface area contributed by atoms with E-state index in [1.807, 2.05) is 30.3 Å². The molecule has 0 aromatic heterocycles. The molecule has 0 saturated heterocycles. The molecule has 1 heterocycles. The van der Waals surface area contributed by atoms with E-state index in [1.165, 1.54) is 40.7 Å². The Kier molecular flexibility index (Phi) is 6.45. The highest BCUT2D eigenvalue weighted by atomic mass is 35.5. The molecule has 4 aromatic rings. The van der Waals surface area contributed by atoms with Gasteiger partial charge >= 0.3 is 5.97 Å². The Labute approximate surface area is 219 Å². The molecule has 0 saturated carbocycles. The van der Waals surface area contributed by atoms with Crippen LogP contribution in [0.2, 0.25) is 5.02 Å². The zero-order valence-electron chi connectivity index (χ0n) is 19.4. The second-order valence-electron chi connectivity index (χ2n) is 8.51. The predicted molar refractivity (Wildman–Crippen MR) is 143 cm³/mol. The monoisotopic (exact) mass is 532 g/mol. The van der Waals surface area contributed by atoms with Crippen molar-refractivity contribution in [1.82, 2.24) is 0 Å². The number of hydrogen-bond donors (Lipinski definition) is 2. The fraction of sp³-hybridized carbons (Fsp3) is 0.0714. The Hall–Kier alpha value is -4.14. The molecule has 1 aliphatic rings. The van der Waals surface area contributed by atoms with Crippen LogP contribution in [0.15, 0.2) is 95.9 Å². The Morgan fingerprint density at radius 1 is 0.865 bits per heavy atom. The highest BCUT2D eigenvalue weighted by Gasteiger charge is 2.31. The zero-order chi connectivity index (χ0) is 26.2. The highest BCUT2D eigenvalue weighted by molar-refractivity contribution is 7.92. The second kappa shape index (κ2) is 9.72. The topological polar surface area (TPSA) is 104 Å². The van der Waals surface area contributed by atoms with E-state index in [2.05, 4.69) is 5.32 Å². The molecular weight excluding hydrogens is 512 g/mol. The Morgan fingerprint density at radius 3 is 2.41 bits per heavy atom. The first-order valence-electron chi connectivity index (χ1n) is 11.4. The summed E-state index contributed by atoms with van der Waals surface area (Å²) in [6, 6.07) is 24.8. The first-order chi connectivity index (χ1) is 17.7. The number of carbonyl (C=O) groups excluding carboxylic acids is 1. The molecule has 2 N–H and O–H groups in total. The van der Waals surface area contributed by atoms with Crippen LogP contribution in [0.5, 0.6) is 0 Å². The number of nitrogens with zero attached hydrogens (tertiary/aromatic N) is 1. The largest absolute Gasteiger partial charge is 0.478 e. The molecule has 0 atom stereocenters. The minimum Gasteiger partial charge on any atom is -0.478 e. The number of sulfonamides is 1. The van der Waals surface area contributed by atoms with Crippen molar-refractivity contribution in [1.29, 1.82) is 0 Å². The van der Waals surface area contributed by atoms with E-state index < -0.39 is 21.9 Å². The lowest BCUT2D eigenvalue weighted by molar-refractivity contribution is 0.0698. The van der Waals surface area contributed by atoms with Gasteiger partial charge in [0.15, 0.2) is 0 Å². The van der Waals surface area contributed by atoms with Crippen molar-refractivity contribution in [2.45, 2.75) is 11.3 Å². The molecule has 9 heteroatoms. The number of carboxylic acid groups (broad SMARTS) is 1. The molecule has 186 valence electrons. The molecule has 0 aliphatic carbocycles. The quantitative estimate of drug-likeness (QED) is 0.331. The molecule has 5 rings (SSSR count). The minimum absolute atomic E-state index is 0.0409. The maximum Gasteiger partial charge on any atom is 0.337 e. The van der Waals surface area contributed by atoms with Crippen LogP contribution in [0.25, 0.3) is 11.1 Å². The lowest BCUT2D eigenvalue weighted by Crippen LogP contribution is -2.29. The van der Waals surface area contributed by atoms with E-state index in [-0.39, 0.29) is 28.3 Å². The number of hydrogen-bond acceptors (Lipinski definition) is 4. The number of carboxylic acids is 1. The normalized spacial score (nSPS) is 12.7. The van der Waals surface area contributed by atoms with E-state index in [0.29, 0.717) is 22.7 Å². The SMILES string of the molecule is O=C(Nc1ccc(-c2ccccc2)cc1C(=O)O)c1cccc(S(=O)(=O)N2CCc3cc(Cl)ccc32)c1. The average molecular weight is 533 g/mol. The molecule has 0 bridgehead atoms. The summed E-state index contributed by atoms with van der Waals surface area (Å²) in [7, 11) is -3.94. The maximum atomic E-state index is 13.4. The number of amides is 1. The smallest absolute Gasteiger partial charge is 0.337 e. The summed E-state index contributed by atoms with van der Waals surface area (Å²) in [5.74, 6) is -1.82. The van der Waals surface area contributed by atoms with Gasteiger partial charge in [0.2, 0.25) is 0 Å². The minimum atomic E-state index is -3.94. The van der Waals surface area contributed by atoms with Crippen LogP contribution in [0, 0.1) is 0 Å². The third kappa shape index (κ3) is 4.81. The van der Waals surface area contributed by atoms with Crippen LogP contribution in [-0.4, -0.2) is 31.9 Å². The van der Waals surface area contributed by atoms with Gasteiger partial charge in [-0.3, -0.25) is 9.10 Å². The molecule has 0 fully saturated rings. The van der Waals surface area contributed by atoms with E-state index >= 15 is 0 Å². The number of benzene rings is 4. The molecule has 0 radical (unpaired) electrons. The van der Waals surface area contributed by atoms with Crippen molar-refractivity contribution in [2.24, 2.45) is 0 Å². The highest BCUT2D eigenvalue weighted by Crippen LogP contribution is 2.35. The Bertz CT molecular complexity index is 1640. The van der Waals surface area contributed by atoms with Gasteiger partial charge in [-0.05, 0) is 71.6 Å². The third-order valence-corrected chi connectivity index (χ3v) is 8.23. The summed E-state index contributed by atoms with van der Waals surface area (Å²) in [6.45, 7) is 0.268. The number of rotatable bonds is 6. The number of aromatic carboxylic acids is 1. The molecule has 0 unspecified atom stereocenters. The number of anilines is 2. The fourth-order valence-corrected chi connectivity index (χ4v) is 6.09. The number of fused-ring (bicyclic) bond motifs is 1. The summed E-state index contributed by atoms with van der Waals surface area (Å²) in [5, 5.41) is 12.9. The summed E-state index contributed by atoms with van der Waals surface area (Å²) in [6.07, 6.45) is 0.534. The number of carbonyl (C=O) groups is 2. The van der Waals surface area contributed by atoms with Crippen LogP contribution < -0.4 is 9.62 Å². The van der Waals surface area contributed by atoms with Crippen molar-refractivity contribution in [3.05, 3.63) is 113 Å². The zero-order valence-corrected chi connectivity index (χ0v) is 21.0. The number of nitrogens with one attached hydrogen (secondary N) is 1. The summed E-state index contributed by atoms with van der Waals surface area (Å²) in [5.41, 5.74) is 3.04. The van der Waals surface area contributed by atoms with Crippen LogP contribution in [0.4, 0.5) is 11.4 Å². The van der Waals surface area contributed by atoms with Crippen molar-refractivity contribution in [2.75, 3.05) is 16.2 Å². The molecule has 0 spiro atoms. The fourth-order valence-electron chi connectivity index (χ4n) is 4.35. The second-order valence-corrected chi connectivity index (χ2v) is 10.8. The van der Waals surface area contributed by atoms with Gasteiger partial charge in [-0.2, -0.15) is 0 Å². The standard InChI is InChI=1S/C28H21ClN2O5S/c29-22-10-12-26-20(15-22)13-14-31(26)37(35,36)23-8-4-7-21(16-23)27(32)30-25-11-9-19(17-24(25)28(33)34)18-5-2-1-3-6-18/h1-12,15-17H,13-14H2,(H,30,32)(H,33,34). The molecule has 7 nitrogen and oxygen atoms in total. The van der Waals surface area contributed by atoms with Crippen LogP contribution in [0.3, 0.4) is 0 Å². The average Bonchev–Trinajstić information content (AvgIpc) is 3.33. The molecule has 37 heavy (non-hydrogen) atoms. The Balaban J connectivity index is 1.42. The van der Waals surface area contributed by atoms with Gasteiger partial charge in [-0.1, -0.05) is 54.1 Å². The summed E-state index contributed by atoms with van der Waals surface area (Å²) < 4.78 is 28.1. The van der Waals surface area contributed by atoms with Crippen LogP contribution in [0.1, 0.15) is 26.3 Å². The van der Waals surface area contributed by atoms with Crippen molar-refractivity contribution < 1.29 is 23.1 Å². The lowest BCUT2D eigenvalue weighted by Gasteiger charge is -2.20. The van der Waals surface area contributed by atoms with E-state index in [1.54, 1.807) is 24.3 Å². The van der Waals surface area contributed by atoms with Gasteiger partial charge in [0.05, 0.1) is 21.8 Å². The molecule has 1 aliphatic heterocycles. The van der Waals surface area contributed by atoms with Crippen molar-refractivity contribution in [3.63, 3.8) is 0 Å². The van der Waals surface area contributed by atoms with Gasteiger partial charge in [0, 0.05) is 17.1 Å². The summed E-state index contributed by atoms with van der Waals surface area (Å²) >= 11 is 6.05. The van der Waals surface area contributed by atoms with Gasteiger partial charge in [-0.25, -0.2) is 13.2 Å². The summed E-state index contributed by atoms with van der Waals surface area (Å²) in [4.78, 5) is 24.9. The van der Waals surface area contributed by atoms with Gasteiger partial charge in [0.25, 0.3) is 15.9 Å². The van der Waals surface area contributed by atoms with Crippen LogP contribution >= 0.6 is 11.6 Å². The first-order valence-corrected chi connectivity index (χ1v) is 13.2. The van der Waals surface area contributed by atoms with Gasteiger partial charge < -0.3 is 10.4 Å². The Morgan fingerprint density at radius 2 is 1.65 bits per heavy atom. The molecular formula is C28H21ClN2O5S. The van der Waals surface area contributed by atoms with E-state index in [0.717, 1.165) is 11.1 Å². The van der Waals surface area contributed by atoms with Crippen LogP contribution in [-0.2, 0) is 16.4 Å². The van der Waals surface area contributed by atoms with Crippen molar-refractivity contribution in [3.8, 4) is 11.1 Å². The van der Waals surface area contributed by atoms with Crippen molar-refractivity contribution >= 4 is 44.9 Å².